The molecule has 0 unspecified atom stereocenters. The van der Waals surface area contributed by atoms with Crippen molar-refractivity contribution in [2.24, 2.45) is 0 Å². The number of aromatic nitrogens is 4. The molecule has 4 heterocycles. The fraction of sp³-hybridized carbons (Fsp3) is 0.300. The molecular weight excluding hydrogens is 563 g/mol. The molecule has 1 saturated carbocycles. The van der Waals surface area contributed by atoms with Crippen molar-refractivity contribution in [3.8, 4) is 0 Å². The van der Waals surface area contributed by atoms with Crippen molar-refractivity contribution < 1.29 is 27.5 Å². The van der Waals surface area contributed by atoms with Crippen LogP contribution in [0, 0.1) is 6.92 Å². The van der Waals surface area contributed by atoms with Gasteiger partial charge in [0.25, 0.3) is 5.91 Å². The zero-order valence-electron chi connectivity index (χ0n) is 23.0. The molecule has 43 heavy (non-hydrogen) atoms. The minimum Gasteiger partial charge on any atom is -0.377 e. The van der Waals surface area contributed by atoms with Crippen LogP contribution in [-0.4, -0.2) is 44.8 Å². The number of hydrogen-bond acceptors (Lipinski definition) is 7. The Bertz CT molecular complexity index is 1760. The molecule has 1 saturated heterocycles. The van der Waals surface area contributed by atoms with Crippen LogP contribution in [0.15, 0.2) is 61.1 Å². The Morgan fingerprint density at radius 3 is 2.63 bits per heavy atom. The number of nitrogens with one attached hydrogen (secondary N) is 2. The maximum atomic E-state index is 13.9. The smallest absolute Gasteiger partial charge is 0.377 e. The summed E-state index contributed by atoms with van der Waals surface area (Å²) in [5.41, 5.74) is 2.23. The van der Waals surface area contributed by atoms with Gasteiger partial charge in [-0.05, 0) is 55.7 Å². The van der Waals surface area contributed by atoms with Crippen LogP contribution in [-0.2, 0) is 27.7 Å². The minimum atomic E-state index is -4.56. The number of amides is 2. The van der Waals surface area contributed by atoms with Gasteiger partial charge in [-0.25, -0.2) is 9.97 Å². The zero-order valence-corrected chi connectivity index (χ0v) is 23.0. The highest BCUT2D eigenvalue weighted by Gasteiger charge is 2.58. The molecule has 13 heteroatoms. The number of ether oxygens (including phenoxy) is 1. The fourth-order valence-electron chi connectivity index (χ4n) is 5.49. The normalized spacial score (nSPS) is 17.4. The molecule has 0 bridgehead atoms. The molecule has 2 N–H and O–H groups in total. The number of rotatable bonds is 6. The molecule has 4 aromatic rings. The summed E-state index contributed by atoms with van der Waals surface area (Å²) in [7, 11) is 0. The molecule has 3 aliphatic rings. The number of aryl methyl sites for hydroxylation is 1. The van der Waals surface area contributed by atoms with Crippen LogP contribution in [0.2, 0.25) is 0 Å². The molecule has 1 spiro atoms. The van der Waals surface area contributed by atoms with E-state index in [0.717, 1.165) is 28.9 Å². The van der Waals surface area contributed by atoms with E-state index >= 15 is 0 Å². The maximum absolute atomic E-state index is 13.9. The van der Waals surface area contributed by atoms with Crippen LogP contribution in [0.4, 0.5) is 36.2 Å². The number of fused-ring (bicyclic) bond motifs is 2. The average molecular weight is 590 g/mol. The Labute approximate surface area is 243 Å². The molecular formula is C30H26F3N7O3. The number of carbonyl (C=O) groups is 2. The van der Waals surface area contributed by atoms with Gasteiger partial charge >= 0.3 is 6.18 Å². The number of alkyl halides is 3. The lowest BCUT2D eigenvalue weighted by molar-refractivity contribution is -0.137. The van der Waals surface area contributed by atoms with E-state index < -0.39 is 23.1 Å². The lowest BCUT2D eigenvalue weighted by atomic mass is 9.91. The summed E-state index contributed by atoms with van der Waals surface area (Å²) in [6, 6.07) is 9.54. The summed E-state index contributed by atoms with van der Waals surface area (Å²) in [5.74, 6) is -0.395. The molecule has 2 aliphatic heterocycles. The van der Waals surface area contributed by atoms with E-state index in [0.29, 0.717) is 49.1 Å². The highest BCUT2D eigenvalue weighted by Crippen LogP contribution is 2.53. The van der Waals surface area contributed by atoms with Gasteiger partial charge in [-0.15, -0.1) is 0 Å². The SMILES string of the molecule is Cc1ccc(NC(=O)c2cccc(C(F)(F)F)c2)cc1N1Cc2cnc(Nc3cnn(C4COC4)c3)nc2C2(CC2)C1=O. The Balaban J connectivity index is 1.12. The second-order valence-corrected chi connectivity index (χ2v) is 11.1. The summed E-state index contributed by atoms with van der Waals surface area (Å²) in [5, 5.41) is 10.2. The summed E-state index contributed by atoms with van der Waals surface area (Å²) >= 11 is 0. The Kier molecular flexibility index (Phi) is 6.24. The van der Waals surface area contributed by atoms with Gasteiger partial charge in [-0.3, -0.25) is 14.3 Å². The molecule has 10 nitrogen and oxygen atoms in total. The molecule has 0 radical (unpaired) electrons. The third-order valence-corrected chi connectivity index (χ3v) is 8.11. The number of benzene rings is 2. The van der Waals surface area contributed by atoms with Gasteiger partial charge in [-0.2, -0.15) is 18.3 Å². The third-order valence-electron chi connectivity index (χ3n) is 8.11. The summed E-state index contributed by atoms with van der Waals surface area (Å²) in [6.45, 7) is 3.35. The van der Waals surface area contributed by atoms with Gasteiger partial charge < -0.3 is 20.3 Å². The van der Waals surface area contributed by atoms with Gasteiger partial charge in [0, 0.05) is 34.9 Å². The number of hydrogen-bond donors (Lipinski definition) is 2. The Morgan fingerprint density at radius 2 is 1.91 bits per heavy atom. The van der Waals surface area contributed by atoms with Crippen molar-refractivity contribution in [1.82, 2.24) is 19.7 Å². The molecule has 2 aromatic carbocycles. The van der Waals surface area contributed by atoms with Crippen molar-refractivity contribution in [1.29, 1.82) is 0 Å². The van der Waals surface area contributed by atoms with E-state index in [1.54, 1.807) is 35.5 Å². The van der Waals surface area contributed by atoms with E-state index in [1.807, 2.05) is 17.8 Å². The first kappa shape index (κ1) is 27.1. The quantitative estimate of drug-likeness (QED) is 0.320. The number of carbonyl (C=O) groups excluding carboxylic acids is 2. The molecule has 2 amide bonds. The maximum Gasteiger partial charge on any atom is 0.416 e. The lowest BCUT2D eigenvalue weighted by Crippen LogP contribution is -2.45. The predicted molar refractivity (Wildman–Crippen MR) is 150 cm³/mol. The van der Waals surface area contributed by atoms with E-state index in [-0.39, 0.29) is 24.1 Å². The monoisotopic (exact) mass is 589 g/mol. The average Bonchev–Trinajstić information content (AvgIpc) is 3.63. The third kappa shape index (κ3) is 4.88. The van der Waals surface area contributed by atoms with Gasteiger partial charge in [0.1, 0.15) is 0 Å². The Hall–Kier alpha value is -4.78. The van der Waals surface area contributed by atoms with Crippen LogP contribution in [0.1, 0.15) is 51.6 Å². The van der Waals surface area contributed by atoms with Crippen molar-refractivity contribution >= 4 is 34.8 Å². The molecule has 2 fully saturated rings. The van der Waals surface area contributed by atoms with Crippen LogP contribution in [0.25, 0.3) is 0 Å². The zero-order chi connectivity index (χ0) is 29.9. The van der Waals surface area contributed by atoms with Crippen LogP contribution in [0.5, 0.6) is 0 Å². The second-order valence-electron chi connectivity index (χ2n) is 11.1. The Morgan fingerprint density at radius 1 is 1.09 bits per heavy atom. The van der Waals surface area contributed by atoms with Gasteiger partial charge in [0.05, 0.1) is 54.4 Å². The first-order valence-electron chi connectivity index (χ1n) is 13.8. The lowest BCUT2D eigenvalue weighted by Gasteiger charge is -2.34. The standard InChI is InChI=1S/C30H26F3N7O3/c1-17-5-6-21(36-26(41)18-3-2-4-20(9-18)30(31,32)33)10-24(17)39-13-19-11-34-28(38-25(19)29(7-8-29)27(39)42)37-22-12-35-40(14-22)23-15-43-16-23/h2-6,9-12,14,23H,7-8,13,15-16H2,1H3,(H,36,41)(H,34,37,38). The molecule has 7 rings (SSSR count). The first-order valence-corrected chi connectivity index (χ1v) is 13.8. The highest BCUT2D eigenvalue weighted by atomic mass is 19.4. The van der Waals surface area contributed by atoms with Crippen molar-refractivity contribution in [2.45, 2.75) is 43.9 Å². The minimum absolute atomic E-state index is 0.0908. The van der Waals surface area contributed by atoms with Crippen LogP contribution < -0.4 is 15.5 Å². The van der Waals surface area contributed by atoms with Crippen LogP contribution >= 0.6 is 0 Å². The number of halogens is 3. The summed E-state index contributed by atoms with van der Waals surface area (Å²) in [6.07, 6.45) is 2.03. The summed E-state index contributed by atoms with van der Waals surface area (Å²) < 4.78 is 46.5. The van der Waals surface area contributed by atoms with E-state index in [2.05, 4.69) is 20.7 Å². The largest absolute Gasteiger partial charge is 0.416 e. The number of anilines is 4. The van der Waals surface area contributed by atoms with Crippen molar-refractivity contribution in [3.63, 3.8) is 0 Å². The van der Waals surface area contributed by atoms with Gasteiger partial charge in [0.15, 0.2) is 0 Å². The van der Waals surface area contributed by atoms with E-state index in [1.165, 1.54) is 12.1 Å². The molecule has 1 aliphatic carbocycles. The highest BCUT2D eigenvalue weighted by molar-refractivity contribution is 6.07. The van der Waals surface area contributed by atoms with E-state index in [4.69, 9.17) is 9.72 Å². The fourth-order valence-corrected chi connectivity index (χ4v) is 5.49. The van der Waals surface area contributed by atoms with Crippen LogP contribution in [0.3, 0.4) is 0 Å². The molecule has 2 aromatic heterocycles. The molecule has 220 valence electrons. The van der Waals surface area contributed by atoms with Gasteiger partial charge in [-0.1, -0.05) is 12.1 Å². The topological polar surface area (TPSA) is 114 Å². The molecule has 0 atom stereocenters. The number of nitrogens with zero attached hydrogens (tertiary/aromatic N) is 5. The van der Waals surface area contributed by atoms with Crippen molar-refractivity contribution in [2.75, 3.05) is 28.7 Å². The van der Waals surface area contributed by atoms with E-state index in [9.17, 15) is 22.8 Å². The predicted octanol–water partition coefficient (Wildman–Crippen LogP) is 5.15. The van der Waals surface area contributed by atoms with Gasteiger partial charge in [0.2, 0.25) is 11.9 Å². The second kappa shape index (κ2) is 9.90. The van der Waals surface area contributed by atoms with Crippen molar-refractivity contribution in [3.05, 3.63) is 89.0 Å². The first-order chi connectivity index (χ1) is 20.6. The summed E-state index contributed by atoms with van der Waals surface area (Å²) in [4.78, 5) is 37.7.